The highest BCUT2D eigenvalue weighted by Crippen LogP contribution is 2.45. The van der Waals surface area contributed by atoms with Crippen LogP contribution in [0.1, 0.15) is 53.9 Å². The second-order valence-corrected chi connectivity index (χ2v) is 12.1. The van der Waals surface area contributed by atoms with Crippen molar-refractivity contribution in [2.75, 3.05) is 6.54 Å². The lowest BCUT2D eigenvalue weighted by Gasteiger charge is -2.32. The fourth-order valence-electron chi connectivity index (χ4n) is 5.34. The maximum atomic E-state index is 14.1. The second kappa shape index (κ2) is 12.0. The van der Waals surface area contributed by atoms with E-state index in [1.165, 1.54) is 11.0 Å². The molecule has 2 aromatic rings. The van der Waals surface area contributed by atoms with E-state index in [9.17, 15) is 24.3 Å². The van der Waals surface area contributed by atoms with Gasteiger partial charge in [0.2, 0.25) is 11.8 Å². The van der Waals surface area contributed by atoms with Gasteiger partial charge in [0.25, 0.3) is 0 Å². The number of hydrogen-bond acceptors (Lipinski definition) is 7. The molecule has 1 saturated heterocycles. The van der Waals surface area contributed by atoms with E-state index in [0.717, 1.165) is 10.9 Å². The summed E-state index contributed by atoms with van der Waals surface area (Å²) in [6.07, 6.45) is 2.74. The molecule has 1 aliphatic heterocycles. The van der Waals surface area contributed by atoms with Crippen molar-refractivity contribution < 1.29 is 33.8 Å². The Morgan fingerprint density at radius 1 is 1.24 bits per heavy atom. The summed E-state index contributed by atoms with van der Waals surface area (Å²) in [6, 6.07) is 7.21. The first kappa shape index (κ1) is 30.8. The zero-order valence-corrected chi connectivity index (χ0v) is 24.8. The van der Waals surface area contributed by atoms with E-state index in [1.807, 2.05) is 38.1 Å². The Hall–Kier alpha value is -4.15. The molecule has 3 N–H and O–H groups in total. The highest BCUT2D eigenvalue weighted by atomic mass is 16.6. The largest absolute Gasteiger partial charge is 0.488 e. The molecule has 1 aromatic heterocycles. The van der Waals surface area contributed by atoms with Gasteiger partial charge in [-0.05, 0) is 51.3 Å². The van der Waals surface area contributed by atoms with Crippen molar-refractivity contribution in [2.24, 2.45) is 11.8 Å². The van der Waals surface area contributed by atoms with E-state index in [4.69, 9.17) is 9.47 Å². The molecule has 2 aliphatic rings. The fraction of sp³-hybridized carbons (Fsp3) is 0.516. The summed E-state index contributed by atoms with van der Waals surface area (Å²) < 4.78 is 11.8. The van der Waals surface area contributed by atoms with Crippen molar-refractivity contribution >= 4 is 34.8 Å². The molecule has 0 bridgehead atoms. The van der Waals surface area contributed by atoms with E-state index in [2.05, 4.69) is 22.2 Å². The number of aromatic nitrogens is 1. The molecule has 42 heavy (non-hydrogen) atoms. The zero-order chi connectivity index (χ0) is 30.8. The minimum atomic E-state index is -1.46. The number of carboxylic acid groups (broad SMARTS) is 1. The summed E-state index contributed by atoms with van der Waals surface area (Å²) in [6.45, 7) is 12.7. The number of carboxylic acids is 1. The second-order valence-electron chi connectivity index (χ2n) is 12.1. The number of carbonyl (C=O) groups excluding carboxylic acids is 3. The molecule has 2 fully saturated rings. The number of para-hydroxylation sites is 1. The molecule has 1 aromatic carbocycles. The number of carbonyl (C=O) groups is 4. The average molecular weight is 581 g/mol. The number of amides is 3. The number of nitrogens with zero attached hydrogens (tertiary/aromatic N) is 2. The van der Waals surface area contributed by atoms with Crippen LogP contribution in [0, 0.1) is 11.8 Å². The minimum Gasteiger partial charge on any atom is -0.488 e. The first-order chi connectivity index (χ1) is 19.8. The molecule has 11 nitrogen and oxygen atoms in total. The van der Waals surface area contributed by atoms with Gasteiger partial charge in [-0.25, -0.2) is 9.59 Å². The third kappa shape index (κ3) is 6.50. The van der Waals surface area contributed by atoms with Crippen LogP contribution in [0.25, 0.3) is 10.9 Å². The number of nitrogens with one attached hydrogen (secondary N) is 2. The lowest BCUT2D eigenvalue weighted by molar-refractivity contribution is -0.146. The van der Waals surface area contributed by atoms with Crippen molar-refractivity contribution in [3.05, 3.63) is 49.2 Å². The summed E-state index contributed by atoms with van der Waals surface area (Å²) in [5.74, 6) is -2.36. The van der Waals surface area contributed by atoms with Gasteiger partial charge in [0.1, 0.15) is 35.1 Å². The molecule has 11 heteroatoms. The Morgan fingerprint density at radius 2 is 1.95 bits per heavy atom. The summed E-state index contributed by atoms with van der Waals surface area (Å²) in [5.41, 5.74) is -1.49. The van der Waals surface area contributed by atoms with Gasteiger partial charge in [-0.3, -0.25) is 14.6 Å². The number of hydrogen-bond donors (Lipinski definition) is 3. The Labute approximate surface area is 245 Å². The lowest BCUT2D eigenvalue weighted by Crippen LogP contribution is -2.58. The van der Waals surface area contributed by atoms with Crippen LogP contribution >= 0.6 is 0 Å². The molecule has 1 aliphatic carbocycles. The lowest BCUT2D eigenvalue weighted by atomic mass is 9.97. The molecule has 0 spiro atoms. The molecule has 6 atom stereocenters. The summed E-state index contributed by atoms with van der Waals surface area (Å²) >= 11 is 0. The van der Waals surface area contributed by atoms with Crippen LogP contribution < -0.4 is 15.4 Å². The van der Waals surface area contributed by atoms with Crippen LogP contribution in [-0.2, 0) is 19.1 Å². The normalized spacial score (nSPS) is 24.8. The summed E-state index contributed by atoms with van der Waals surface area (Å²) in [5, 5.41) is 16.0. The highest BCUT2D eigenvalue weighted by molar-refractivity contribution is 5.96. The first-order valence-corrected chi connectivity index (χ1v) is 14.3. The van der Waals surface area contributed by atoms with E-state index >= 15 is 0 Å². The molecule has 4 rings (SSSR count). The Balaban J connectivity index is 1.62. The smallest absolute Gasteiger partial charge is 0.408 e. The maximum Gasteiger partial charge on any atom is 0.408 e. The minimum absolute atomic E-state index is 0.0570. The standard InChI is InChI=1S/C31H40N4O7/c1-7-18(3)25(33-29(40)42-30(4,5)6)27(37)35-17-20(41-24-13-14-32-22-12-10-9-11-21(22)24)15-23(35)26(36)34-31(28(38)39)16-19(31)8-2/h8-14,18-20,23,25H,2,7,15-17H2,1,3-6H3,(H,33,40)(H,34,36)(H,38,39)/t18-,19-,20+,23-,25-,31?/m0/s1. The molecule has 3 amide bonds. The quantitative estimate of drug-likeness (QED) is 0.361. The molecular formula is C31H40N4O7. The van der Waals surface area contributed by atoms with Crippen LogP contribution in [0.4, 0.5) is 4.79 Å². The SMILES string of the molecule is C=C[C@H]1CC1(NC(=O)[C@@H]1C[C@@H](Oc2ccnc3ccccc23)CN1C(=O)[C@@H](NC(=O)OC(C)(C)C)[C@@H](C)CC)C(=O)O. The van der Waals surface area contributed by atoms with Crippen LogP contribution in [0.5, 0.6) is 5.75 Å². The van der Waals surface area contributed by atoms with Crippen molar-refractivity contribution in [1.29, 1.82) is 0 Å². The predicted molar refractivity (Wildman–Crippen MR) is 156 cm³/mol. The van der Waals surface area contributed by atoms with Gasteiger partial charge < -0.3 is 30.1 Å². The number of likely N-dealkylation sites (tertiary alicyclic amines) is 1. The number of alkyl carbamates (subject to hydrolysis) is 1. The van der Waals surface area contributed by atoms with Crippen molar-refractivity contribution in [3.8, 4) is 5.75 Å². The molecule has 2 heterocycles. The van der Waals surface area contributed by atoms with E-state index < -0.39 is 59.1 Å². The number of benzene rings is 1. The van der Waals surface area contributed by atoms with Gasteiger partial charge in [0, 0.05) is 23.9 Å². The monoisotopic (exact) mass is 580 g/mol. The molecule has 1 unspecified atom stereocenters. The van der Waals surface area contributed by atoms with Crippen LogP contribution in [0.3, 0.4) is 0 Å². The van der Waals surface area contributed by atoms with Gasteiger partial charge in [-0.1, -0.05) is 38.5 Å². The van der Waals surface area contributed by atoms with Gasteiger partial charge >= 0.3 is 12.1 Å². The van der Waals surface area contributed by atoms with E-state index in [0.29, 0.717) is 12.2 Å². The number of rotatable bonds is 10. The molecule has 226 valence electrons. The Bertz CT molecular complexity index is 1370. The van der Waals surface area contributed by atoms with Crippen LogP contribution in [0.15, 0.2) is 49.2 Å². The van der Waals surface area contributed by atoms with Gasteiger partial charge in [0.15, 0.2) is 0 Å². The van der Waals surface area contributed by atoms with Gasteiger partial charge in [-0.15, -0.1) is 6.58 Å². The zero-order valence-electron chi connectivity index (χ0n) is 24.8. The highest BCUT2D eigenvalue weighted by Gasteiger charge is 2.61. The van der Waals surface area contributed by atoms with Crippen molar-refractivity contribution in [1.82, 2.24) is 20.5 Å². The number of aliphatic carboxylic acids is 1. The number of pyridine rings is 1. The van der Waals surface area contributed by atoms with E-state index in [1.54, 1.807) is 33.0 Å². The summed E-state index contributed by atoms with van der Waals surface area (Å²) in [7, 11) is 0. The molecule has 0 radical (unpaired) electrons. The number of ether oxygens (including phenoxy) is 2. The van der Waals surface area contributed by atoms with Gasteiger partial charge in [0.05, 0.1) is 12.1 Å². The van der Waals surface area contributed by atoms with Crippen LogP contribution in [-0.4, -0.2) is 74.7 Å². The third-order valence-electron chi connectivity index (χ3n) is 7.93. The fourth-order valence-corrected chi connectivity index (χ4v) is 5.34. The number of fused-ring (bicyclic) bond motifs is 1. The molecule has 1 saturated carbocycles. The summed E-state index contributed by atoms with van der Waals surface area (Å²) in [4.78, 5) is 58.3. The maximum absolute atomic E-state index is 14.1. The topological polar surface area (TPSA) is 147 Å². The van der Waals surface area contributed by atoms with Crippen LogP contribution in [0.2, 0.25) is 0 Å². The van der Waals surface area contributed by atoms with Crippen molar-refractivity contribution in [3.63, 3.8) is 0 Å². The molecular weight excluding hydrogens is 540 g/mol. The predicted octanol–water partition coefficient (Wildman–Crippen LogP) is 3.67. The van der Waals surface area contributed by atoms with E-state index in [-0.39, 0.29) is 25.3 Å². The average Bonchev–Trinajstić information content (AvgIpc) is 3.50. The first-order valence-electron chi connectivity index (χ1n) is 14.3. The Kier molecular flexibility index (Phi) is 8.79. The third-order valence-corrected chi connectivity index (χ3v) is 7.93. The Morgan fingerprint density at radius 3 is 2.57 bits per heavy atom. The van der Waals surface area contributed by atoms with Crippen molar-refractivity contribution in [2.45, 2.75) is 83.2 Å². The van der Waals surface area contributed by atoms with Gasteiger partial charge in [-0.2, -0.15) is 0 Å².